The maximum absolute atomic E-state index is 12.3. The predicted octanol–water partition coefficient (Wildman–Crippen LogP) is 3.61. The Morgan fingerprint density at radius 1 is 1.17 bits per heavy atom. The first-order valence-corrected chi connectivity index (χ1v) is 10.4. The molecule has 3 N–H and O–H groups in total. The van der Waals surface area contributed by atoms with Crippen LogP contribution in [-0.4, -0.2) is 52.1 Å². The molecule has 166 valence electrons. The average molecular weight is 427 g/mol. The van der Waals surface area contributed by atoms with Crippen LogP contribution in [0.15, 0.2) is 6.20 Å². The van der Waals surface area contributed by atoms with Gasteiger partial charge in [-0.3, -0.25) is 0 Å². The number of nitrogens with one attached hydrogen (secondary N) is 2. The Labute approximate surface area is 174 Å². The summed E-state index contributed by atoms with van der Waals surface area (Å²) in [6.45, 7) is 0.815. The zero-order valence-electron chi connectivity index (χ0n) is 17.0. The molecule has 30 heavy (non-hydrogen) atoms. The van der Waals surface area contributed by atoms with Crippen LogP contribution in [0.1, 0.15) is 57.4 Å². The van der Waals surface area contributed by atoms with Gasteiger partial charge in [-0.2, -0.15) is 23.4 Å². The van der Waals surface area contributed by atoms with Gasteiger partial charge >= 0.3 is 6.18 Å². The van der Waals surface area contributed by atoms with Gasteiger partial charge in [0.1, 0.15) is 24.1 Å². The van der Waals surface area contributed by atoms with E-state index in [-0.39, 0.29) is 30.2 Å². The van der Waals surface area contributed by atoms with Crippen LogP contribution in [0.25, 0.3) is 0 Å². The summed E-state index contributed by atoms with van der Waals surface area (Å²) in [6, 6.07) is 2.15. The summed E-state index contributed by atoms with van der Waals surface area (Å²) in [5, 5.41) is 25.9. The molecule has 2 fully saturated rings. The van der Waals surface area contributed by atoms with Gasteiger partial charge in [0.05, 0.1) is 18.4 Å². The van der Waals surface area contributed by atoms with Gasteiger partial charge < -0.3 is 20.5 Å². The number of alkyl halides is 3. The largest absolute Gasteiger partial charge is 0.411 e. The number of ether oxygens (including phenoxy) is 1. The molecule has 1 heterocycles. The molecule has 1 aromatic rings. The number of rotatable bonds is 6. The van der Waals surface area contributed by atoms with E-state index in [0.717, 1.165) is 12.8 Å². The highest BCUT2D eigenvalue weighted by Gasteiger charge is 2.31. The van der Waals surface area contributed by atoms with Crippen molar-refractivity contribution < 1.29 is 23.0 Å². The van der Waals surface area contributed by atoms with Gasteiger partial charge in [0.2, 0.25) is 5.95 Å². The van der Waals surface area contributed by atoms with E-state index < -0.39 is 12.8 Å². The minimum Gasteiger partial charge on any atom is -0.393 e. The van der Waals surface area contributed by atoms with E-state index in [4.69, 9.17) is 4.74 Å². The number of halogens is 3. The number of nitrogens with zero attached hydrogens (tertiary/aromatic N) is 3. The molecule has 2 saturated carbocycles. The van der Waals surface area contributed by atoms with Crippen LogP contribution >= 0.6 is 0 Å². The van der Waals surface area contributed by atoms with Gasteiger partial charge in [0, 0.05) is 12.1 Å². The van der Waals surface area contributed by atoms with Crippen LogP contribution in [0.4, 0.5) is 24.9 Å². The number of aliphatic hydroxyl groups is 1. The molecule has 3 atom stereocenters. The van der Waals surface area contributed by atoms with Crippen molar-refractivity contribution in [3.05, 3.63) is 11.8 Å². The van der Waals surface area contributed by atoms with E-state index in [1.54, 1.807) is 0 Å². The molecular weight excluding hydrogens is 399 g/mol. The summed E-state index contributed by atoms with van der Waals surface area (Å²) in [5.41, 5.74) is 0.331. The SMILES string of the molecule is C[C@@H]1CCC(Nc2nc(N[C@H]3CC[C@H](OCC(F)(F)F)CC3)ncc2C#N)C[C@H]1O. The summed E-state index contributed by atoms with van der Waals surface area (Å²) < 4.78 is 41.8. The van der Waals surface area contributed by atoms with Crippen molar-refractivity contribution in [3.63, 3.8) is 0 Å². The van der Waals surface area contributed by atoms with E-state index in [1.807, 2.05) is 6.92 Å². The topological polar surface area (TPSA) is 103 Å². The number of aromatic nitrogens is 2. The second kappa shape index (κ2) is 9.79. The third-order valence-corrected chi connectivity index (χ3v) is 5.89. The first kappa shape index (κ1) is 22.6. The van der Waals surface area contributed by atoms with E-state index in [9.17, 15) is 23.5 Å². The Morgan fingerprint density at radius 3 is 2.50 bits per heavy atom. The lowest BCUT2D eigenvalue weighted by atomic mass is 9.85. The molecule has 2 aliphatic rings. The highest BCUT2D eigenvalue weighted by molar-refractivity contribution is 5.54. The Morgan fingerprint density at radius 2 is 1.87 bits per heavy atom. The minimum absolute atomic E-state index is 0.0345. The van der Waals surface area contributed by atoms with Gasteiger partial charge in [-0.05, 0) is 50.9 Å². The van der Waals surface area contributed by atoms with E-state index in [0.29, 0.717) is 49.4 Å². The summed E-state index contributed by atoms with van der Waals surface area (Å²) in [6.07, 6.45) is 1.15. The first-order chi connectivity index (χ1) is 14.2. The molecule has 0 saturated heterocycles. The molecule has 2 aliphatic carbocycles. The lowest BCUT2D eigenvalue weighted by Crippen LogP contribution is -2.35. The zero-order chi connectivity index (χ0) is 21.7. The van der Waals surface area contributed by atoms with E-state index in [2.05, 4.69) is 26.7 Å². The van der Waals surface area contributed by atoms with Crippen LogP contribution < -0.4 is 10.6 Å². The van der Waals surface area contributed by atoms with Crippen molar-refractivity contribution in [1.29, 1.82) is 5.26 Å². The number of aliphatic hydroxyl groups excluding tert-OH is 1. The fraction of sp³-hybridized carbons (Fsp3) is 0.750. The van der Waals surface area contributed by atoms with Crippen molar-refractivity contribution in [2.24, 2.45) is 5.92 Å². The quantitative estimate of drug-likeness (QED) is 0.637. The molecule has 1 aromatic heterocycles. The summed E-state index contributed by atoms with van der Waals surface area (Å²) in [4.78, 5) is 8.64. The number of anilines is 2. The van der Waals surface area contributed by atoms with Crippen LogP contribution in [0.3, 0.4) is 0 Å². The van der Waals surface area contributed by atoms with Crippen molar-refractivity contribution in [2.45, 2.75) is 82.3 Å². The molecule has 1 unspecified atom stereocenters. The summed E-state index contributed by atoms with van der Waals surface area (Å²) in [7, 11) is 0. The molecule has 0 bridgehead atoms. The molecule has 0 radical (unpaired) electrons. The highest BCUT2D eigenvalue weighted by Crippen LogP contribution is 2.28. The van der Waals surface area contributed by atoms with Crippen molar-refractivity contribution in [3.8, 4) is 6.07 Å². The standard InChI is InChI=1S/C20H28F3N5O2/c1-12-2-3-15(8-17(12)29)26-18-13(9-24)10-25-19(28-18)27-14-4-6-16(7-5-14)30-11-20(21,22)23/h10,12,14-17,29H,2-8,11H2,1H3,(H2,25,26,27,28)/t12-,14-,15?,16-,17-/m1/s1. The van der Waals surface area contributed by atoms with Crippen molar-refractivity contribution in [1.82, 2.24) is 9.97 Å². The zero-order valence-corrected chi connectivity index (χ0v) is 17.0. The molecule has 0 aromatic carbocycles. The van der Waals surface area contributed by atoms with Gasteiger partial charge in [0.15, 0.2) is 0 Å². The Bertz CT molecular complexity index is 747. The molecule has 0 spiro atoms. The van der Waals surface area contributed by atoms with Gasteiger partial charge in [0.25, 0.3) is 0 Å². The third-order valence-electron chi connectivity index (χ3n) is 5.89. The Hall–Kier alpha value is -2.12. The average Bonchev–Trinajstić information content (AvgIpc) is 2.70. The van der Waals surface area contributed by atoms with Crippen molar-refractivity contribution >= 4 is 11.8 Å². The fourth-order valence-electron chi connectivity index (χ4n) is 4.03. The predicted molar refractivity (Wildman–Crippen MR) is 105 cm³/mol. The number of hydrogen-bond acceptors (Lipinski definition) is 7. The molecule has 10 heteroatoms. The number of hydrogen-bond donors (Lipinski definition) is 3. The molecule has 0 amide bonds. The highest BCUT2D eigenvalue weighted by atomic mass is 19.4. The first-order valence-electron chi connectivity index (χ1n) is 10.4. The van der Waals surface area contributed by atoms with Crippen LogP contribution in [-0.2, 0) is 4.74 Å². The molecule has 7 nitrogen and oxygen atoms in total. The van der Waals surface area contributed by atoms with Crippen LogP contribution in [0, 0.1) is 17.2 Å². The summed E-state index contributed by atoms with van der Waals surface area (Å²) in [5.74, 6) is 1.07. The van der Waals surface area contributed by atoms with Gasteiger partial charge in [-0.15, -0.1) is 0 Å². The smallest absolute Gasteiger partial charge is 0.393 e. The van der Waals surface area contributed by atoms with Crippen LogP contribution in [0.5, 0.6) is 0 Å². The molecular formula is C20H28F3N5O2. The molecule has 3 rings (SSSR count). The second-order valence-electron chi connectivity index (χ2n) is 8.31. The summed E-state index contributed by atoms with van der Waals surface area (Å²) >= 11 is 0. The number of nitriles is 1. The van der Waals surface area contributed by atoms with Crippen LogP contribution in [0.2, 0.25) is 0 Å². The third kappa shape index (κ3) is 6.44. The Balaban J connectivity index is 1.55. The normalized spacial score (nSPS) is 29.8. The lowest BCUT2D eigenvalue weighted by Gasteiger charge is -2.32. The lowest BCUT2D eigenvalue weighted by molar-refractivity contribution is -0.187. The maximum Gasteiger partial charge on any atom is 0.411 e. The van der Waals surface area contributed by atoms with Crippen molar-refractivity contribution in [2.75, 3.05) is 17.2 Å². The van der Waals surface area contributed by atoms with E-state index in [1.165, 1.54) is 6.20 Å². The second-order valence-corrected chi connectivity index (χ2v) is 8.31. The molecule has 0 aliphatic heterocycles. The van der Waals surface area contributed by atoms with Gasteiger partial charge in [-0.25, -0.2) is 4.98 Å². The maximum atomic E-state index is 12.3. The van der Waals surface area contributed by atoms with Gasteiger partial charge in [-0.1, -0.05) is 6.92 Å². The van der Waals surface area contributed by atoms with E-state index >= 15 is 0 Å². The Kier molecular flexibility index (Phi) is 7.36. The minimum atomic E-state index is -4.30. The fourth-order valence-corrected chi connectivity index (χ4v) is 4.03. The monoisotopic (exact) mass is 427 g/mol.